The summed E-state index contributed by atoms with van der Waals surface area (Å²) < 4.78 is 61.5. The molecule has 6 nitrogen and oxygen atoms in total. The number of alkyl halides is 2. The van der Waals surface area contributed by atoms with Crippen molar-refractivity contribution in [3.05, 3.63) is 65.5 Å². The van der Waals surface area contributed by atoms with Crippen molar-refractivity contribution in [2.75, 3.05) is 13.6 Å². The van der Waals surface area contributed by atoms with Gasteiger partial charge in [-0.2, -0.15) is 8.78 Å². The molecular weight excluding hydrogens is 431 g/mol. The fourth-order valence-electron chi connectivity index (χ4n) is 3.54. The lowest BCUT2D eigenvalue weighted by atomic mass is 9.99. The zero-order valence-electron chi connectivity index (χ0n) is 16.9. The zero-order valence-corrected chi connectivity index (χ0v) is 17.7. The van der Waals surface area contributed by atoms with Gasteiger partial charge in [0.15, 0.2) is 0 Å². The molecule has 2 aromatic carbocycles. The van der Waals surface area contributed by atoms with E-state index in [-0.39, 0.29) is 29.4 Å². The van der Waals surface area contributed by atoms with Gasteiger partial charge in [0.05, 0.1) is 4.90 Å². The molecule has 0 aliphatic carbocycles. The number of carbonyl (C=O) groups excluding carboxylic acids is 1. The summed E-state index contributed by atoms with van der Waals surface area (Å²) in [6, 6.07) is 11.2. The minimum atomic E-state index is -4.68. The van der Waals surface area contributed by atoms with Crippen LogP contribution in [0.2, 0.25) is 0 Å². The van der Waals surface area contributed by atoms with E-state index >= 15 is 0 Å². The Labute approximate surface area is 179 Å². The van der Waals surface area contributed by atoms with E-state index in [1.54, 1.807) is 13.1 Å². The molecule has 0 bridgehead atoms. The topological polar surface area (TPSA) is 78.5 Å². The number of carbonyl (C=O) groups is 1. The number of nitrogens with zero attached hydrogens (tertiary/aromatic N) is 1. The van der Waals surface area contributed by atoms with Gasteiger partial charge >= 0.3 is 5.76 Å². The summed E-state index contributed by atoms with van der Waals surface area (Å²) in [6.07, 6.45) is 2.30. The van der Waals surface area contributed by atoms with Crippen LogP contribution in [0.25, 0.3) is 0 Å². The van der Waals surface area contributed by atoms with E-state index in [0.717, 1.165) is 37.0 Å². The summed E-state index contributed by atoms with van der Waals surface area (Å²) in [7, 11) is -3.06. The number of hydrogen-bond donors (Lipinski definition) is 2. The molecule has 2 aromatic rings. The second-order valence-electron chi connectivity index (χ2n) is 7.53. The molecule has 3 rings (SSSR count). The van der Waals surface area contributed by atoms with Crippen molar-refractivity contribution in [2.24, 2.45) is 0 Å². The van der Waals surface area contributed by atoms with Crippen LogP contribution in [0, 0.1) is 5.82 Å². The highest BCUT2D eigenvalue weighted by molar-refractivity contribution is 7.91. The molecule has 2 unspecified atom stereocenters. The standard InChI is InChI=1S/C21H24F3N3O3S/c1-27(20(28)14-7-9-18(10-8-14)31(29,30)21(23)24)11-3-6-17-13-19(26-25-17)15-4-2-5-16(22)12-15/h2,4-5,7-10,12,17,19,21,25-26H,3,6,11,13H2,1H3. The first-order valence-electron chi connectivity index (χ1n) is 9.82. The SMILES string of the molecule is CN(CCCC1CC(c2cccc(F)c2)NN1)C(=O)c1ccc(S(=O)(=O)C(F)F)cc1. The molecule has 0 saturated carbocycles. The average Bonchev–Trinajstić information content (AvgIpc) is 3.22. The Morgan fingerprint density at radius 2 is 1.87 bits per heavy atom. The second kappa shape index (κ2) is 9.80. The first-order chi connectivity index (χ1) is 14.7. The molecule has 10 heteroatoms. The van der Waals surface area contributed by atoms with Crippen LogP contribution in [0.1, 0.15) is 41.2 Å². The van der Waals surface area contributed by atoms with Gasteiger partial charge in [-0.25, -0.2) is 12.8 Å². The van der Waals surface area contributed by atoms with Gasteiger partial charge in [-0.05, 0) is 61.2 Å². The lowest BCUT2D eigenvalue weighted by molar-refractivity contribution is 0.0791. The fraction of sp³-hybridized carbons (Fsp3) is 0.381. The summed E-state index contributed by atoms with van der Waals surface area (Å²) in [5.74, 6) is -4.10. The Morgan fingerprint density at radius 1 is 1.16 bits per heavy atom. The van der Waals surface area contributed by atoms with Gasteiger partial charge in [0.2, 0.25) is 9.84 Å². The molecular formula is C21H24F3N3O3S. The molecule has 168 valence electrons. The van der Waals surface area contributed by atoms with E-state index in [0.29, 0.717) is 6.54 Å². The van der Waals surface area contributed by atoms with Crippen LogP contribution in [0.15, 0.2) is 53.4 Å². The number of amides is 1. The van der Waals surface area contributed by atoms with Crippen LogP contribution in [-0.2, 0) is 9.84 Å². The summed E-state index contributed by atoms with van der Waals surface area (Å²) in [6.45, 7) is 0.471. The molecule has 1 saturated heterocycles. The largest absolute Gasteiger partial charge is 0.342 e. The van der Waals surface area contributed by atoms with Gasteiger partial charge in [0.25, 0.3) is 5.91 Å². The third-order valence-corrected chi connectivity index (χ3v) is 6.69. The Balaban J connectivity index is 1.47. The summed E-state index contributed by atoms with van der Waals surface area (Å²) >= 11 is 0. The number of rotatable bonds is 8. The van der Waals surface area contributed by atoms with Crippen molar-refractivity contribution in [3.8, 4) is 0 Å². The molecule has 1 aliphatic rings. The highest BCUT2D eigenvalue weighted by Crippen LogP contribution is 2.25. The van der Waals surface area contributed by atoms with Crippen LogP contribution in [0.5, 0.6) is 0 Å². The van der Waals surface area contributed by atoms with Gasteiger partial charge in [-0.15, -0.1) is 0 Å². The van der Waals surface area contributed by atoms with Crippen molar-refractivity contribution in [1.82, 2.24) is 15.8 Å². The predicted molar refractivity (Wildman–Crippen MR) is 110 cm³/mol. The molecule has 2 N–H and O–H groups in total. The number of nitrogens with one attached hydrogen (secondary N) is 2. The maximum absolute atomic E-state index is 13.4. The monoisotopic (exact) mass is 455 g/mol. The van der Waals surface area contributed by atoms with Gasteiger partial charge in [0.1, 0.15) is 5.82 Å². The van der Waals surface area contributed by atoms with E-state index in [4.69, 9.17) is 0 Å². The lowest BCUT2D eigenvalue weighted by Crippen LogP contribution is -2.32. The molecule has 31 heavy (non-hydrogen) atoms. The molecule has 1 amide bonds. The quantitative estimate of drug-likeness (QED) is 0.639. The number of benzene rings is 2. The van der Waals surface area contributed by atoms with E-state index in [1.165, 1.54) is 29.2 Å². The van der Waals surface area contributed by atoms with Crippen molar-refractivity contribution in [3.63, 3.8) is 0 Å². The van der Waals surface area contributed by atoms with E-state index < -0.39 is 20.5 Å². The Bertz CT molecular complexity index is 1020. The zero-order chi connectivity index (χ0) is 22.6. The molecule has 0 spiro atoms. The number of halogens is 3. The molecule has 0 aromatic heterocycles. The predicted octanol–water partition coefficient (Wildman–Crippen LogP) is 3.28. The minimum absolute atomic E-state index is 0.0168. The lowest BCUT2D eigenvalue weighted by Gasteiger charge is -2.18. The number of sulfone groups is 1. The molecule has 1 fully saturated rings. The van der Waals surface area contributed by atoms with Crippen molar-refractivity contribution < 1.29 is 26.4 Å². The highest BCUT2D eigenvalue weighted by Gasteiger charge is 2.27. The van der Waals surface area contributed by atoms with E-state index in [2.05, 4.69) is 10.9 Å². The Kier molecular flexibility index (Phi) is 7.34. The maximum Gasteiger partial charge on any atom is 0.341 e. The summed E-state index contributed by atoms with van der Waals surface area (Å²) in [5.41, 5.74) is 7.46. The number of hydrazine groups is 1. The summed E-state index contributed by atoms with van der Waals surface area (Å²) in [4.78, 5) is 13.5. The Hall–Kier alpha value is -2.43. The van der Waals surface area contributed by atoms with Crippen LogP contribution < -0.4 is 10.9 Å². The Morgan fingerprint density at radius 3 is 2.52 bits per heavy atom. The van der Waals surface area contributed by atoms with Crippen LogP contribution in [0.3, 0.4) is 0 Å². The summed E-state index contributed by atoms with van der Waals surface area (Å²) in [5, 5.41) is 0. The van der Waals surface area contributed by atoms with Gasteiger partial charge in [0, 0.05) is 31.2 Å². The second-order valence-corrected chi connectivity index (χ2v) is 9.45. The van der Waals surface area contributed by atoms with E-state index in [1.807, 2.05) is 6.07 Å². The minimum Gasteiger partial charge on any atom is -0.342 e. The third kappa shape index (κ3) is 5.63. The van der Waals surface area contributed by atoms with Crippen LogP contribution in [0.4, 0.5) is 13.2 Å². The van der Waals surface area contributed by atoms with E-state index in [9.17, 15) is 26.4 Å². The average molecular weight is 456 g/mol. The fourth-order valence-corrected chi connectivity index (χ4v) is 4.26. The molecule has 1 heterocycles. The van der Waals surface area contributed by atoms with Crippen molar-refractivity contribution in [1.29, 1.82) is 0 Å². The highest BCUT2D eigenvalue weighted by atomic mass is 32.2. The van der Waals surface area contributed by atoms with Crippen molar-refractivity contribution in [2.45, 2.75) is 42.0 Å². The molecule has 0 radical (unpaired) electrons. The third-order valence-electron chi connectivity index (χ3n) is 5.29. The molecule has 1 aliphatic heterocycles. The van der Waals surface area contributed by atoms with Gasteiger partial charge in [-0.3, -0.25) is 15.6 Å². The van der Waals surface area contributed by atoms with Crippen LogP contribution in [-0.4, -0.2) is 44.6 Å². The smallest absolute Gasteiger partial charge is 0.341 e. The maximum atomic E-state index is 13.4. The van der Waals surface area contributed by atoms with Crippen molar-refractivity contribution >= 4 is 15.7 Å². The van der Waals surface area contributed by atoms with Gasteiger partial charge in [-0.1, -0.05) is 12.1 Å². The first kappa shape index (κ1) is 23.2. The van der Waals surface area contributed by atoms with Crippen LogP contribution >= 0.6 is 0 Å². The number of hydrogen-bond acceptors (Lipinski definition) is 5. The normalized spacial score (nSPS) is 19.0. The first-order valence-corrected chi connectivity index (χ1v) is 11.4. The molecule has 2 atom stereocenters. The van der Waals surface area contributed by atoms with Gasteiger partial charge < -0.3 is 4.90 Å².